The van der Waals surface area contributed by atoms with Crippen molar-refractivity contribution in [1.82, 2.24) is 14.5 Å². The topological polar surface area (TPSA) is 86.8 Å². The van der Waals surface area contributed by atoms with Gasteiger partial charge in [-0.15, -0.1) is 0 Å². The molecular weight excluding hydrogens is 605 g/mol. The van der Waals surface area contributed by atoms with E-state index in [-0.39, 0.29) is 23.8 Å². The lowest BCUT2D eigenvalue weighted by Crippen LogP contribution is -2.56. The Kier molecular flexibility index (Phi) is 10.2. The maximum Gasteiger partial charge on any atom is 0.243 e. The minimum absolute atomic E-state index is 0.00858. The van der Waals surface area contributed by atoms with Crippen LogP contribution in [0.5, 0.6) is 0 Å². The molecule has 4 aromatic rings. The van der Waals surface area contributed by atoms with Gasteiger partial charge in [0.25, 0.3) is 0 Å². The van der Waals surface area contributed by atoms with Crippen LogP contribution in [0.3, 0.4) is 0 Å². The molecule has 43 heavy (non-hydrogen) atoms. The number of nitrogens with zero attached hydrogens (tertiary/aromatic N) is 2. The van der Waals surface area contributed by atoms with Gasteiger partial charge in [-0.25, -0.2) is 8.42 Å². The van der Waals surface area contributed by atoms with Crippen LogP contribution in [0.1, 0.15) is 31.9 Å². The number of sulfonamides is 1. The second-order valence-corrected chi connectivity index (χ2v) is 14.3. The molecular formula is C33H35Cl2N3O4S. The first-order valence-corrected chi connectivity index (χ1v) is 16.0. The lowest BCUT2D eigenvalue weighted by Gasteiger charge is -2.34. The third kappa shape index (κ3) is 8.36. The number of hydrogen-bond acceptors (Lipinski definition) is 4. The van der Waals surface area contributed by atoms with Gasteiger partial charge in [0, 0.05) is 25.6 Å². The fourth-order valence-electron chi connectivity index (χ4n) is 4.72. The minimum Gasteiger partial charge on any atom is -0.350 e. The van der Waals surface area contributed by atoms with Crippen LogP contribution in [0.15, 0.2) is 95.9 Å². The van der Waals surface area contributed by atoms with Gasteiger partial charge in [0.2, 0.25) is 21.8 Å². The predicted molar refractivity (Wildman–Crippen MR) is 173 cm³/mol. The van der Waals surface area contributed by atoms with E-state index < -0.39 is 34.1 Å². The number of hydrogen-bond donors (Lipinski definition) is 1. The second-order valence-electron chi connectivity index (χ2n) is 11.5. The number of carbonyl (C=O) groups excluding carboxylic acids is 2. The van der Waals surface area contributed by atoms with Crippen molar-refractivity contribution in [1.29, 1.82) is 0 Å². The van der Waals surface area contributed by atoms with E-state index in [1.807, 2.05) is 75.4 Å². The van der Waals surface area contributed by atoms with Crippen molar-refractivity contribution < 1.29 is 18.0 Å². The van der Waals surface area contributed by atoms with E-state index in [1.165, 1.54) is 18.0 Å². The molecule has 0 spiro atoms. The normalized spacial score (nSPS) is 12.7. The summed E-state index contributed by atoms with van der Waals surface area (Å²) >= 11 is 12.4. The molecule has 0 heterocycles. The van der Waals surface area contributed by atoms with E-state index in [0.29, 0.717) is 15.6 Å². The van der Waals surface area contributed by atoms with E-state index >= 15 is 0 Å². The fraction of sp³-hybridized carbons (Fsp3) is 0.273. The molecule has 0 aliphatic rings. The monoisotopic (exact) mass is 639 g/mol. The van der Waals surface area contributed by atoms with Gasteiger partial charge in [-0.1, -0.05) is 89.9 Å². The first-order chi connectivity index (χ1) is 20.2. The van der Waals surface area contributed by atoms with Gasteiger partial charge in [-0.3, -0.25) is 9.59 Å². The molecule has 4 aromatic carbocycles. The van der Waals surface area contributed by atoms with Crippen LogP contribution in [0.2, 0.25) is 10.0 Å². The van der Waals surface area contributed by atoms with E-state index in [0.717, 1.165) is 20.6 Å². The summed E-state index contributed by atoms with van der Waals surface area (Å²) in [6.45, 7) is 5.11. The SMILES string of the molecule is CN(CC(=O)N(Cc1ccc(Cl)c(Cl)c1)[C@@H](Cc1ccccc1)C(=O)NC(C)(C)C)S(=O)(=O)c1ccc2ccccc2c1. The van der Waals surface area contributed by atoms with Crippen molar-refractivity contribution in [3.63, 3.8) is 0 Å². The van der Waals surface area contributed by atoms with Crippen molar-refractivity contribution >= 4 is 55.8 Å². The van der Waals surface area contributed by atoms with Gasteiger partial charge in [0.15, 0.2) is 0 Å². The highest BCUT2D eigenvalue weighted by Crippen LogP contribution is 2.25. The van der Waals surface area contributed by atoms with Crippen molar-refractivity contribution in [3.05, 3.63) is 112 Å². The van der Waals surface area contributed by atoms with Gasteiger partial charge in [0.05, 0.1) is 21.5 Å². The molecule has 0 bridgehead atoms. The van der Waals surface area contributed by atoms with Gasteiger partial charge in [-0.05, 0) is 66.9 Å². The third-order valence-electron chi connectivity index (χ3n) is 6.89. The second kappa shape index (κ2) is 13.5. The summed E-state index contributed by atoms with van der Waals surface area (Å²) in [5, 5.41) is 5.33. The van der Waals surface area contributed by atoms with Crippen molar-refractivity contribution in [3.8, 4) is 0 Å². The quantitative estimate of drug-likeness (QED) is 0.220. The van der Waals surface area contributed by atoms with Crippen LogP contribution in [0.25, 0.3) is 10.8 Å². The highest BCUT2D eigenvalue weighted by atomic mass is 35.5. The number of amides is 2. The molecule has 0 fully saturated rings. The molecule has 1 N–H and O–H groups in total. The van der Waals surface area contributed by atoms with Crippen molar-refractivity contribution in [2.24, 2.45) is 0 Å². The predicted octanol–water partition coefficient (Wildman–Crippen LogP) is 6.32. The maximum absolute atomic E-state index is 14.1. The number of fused-ring (bicyclic) bond motifs is 1. The minimum atomic E-state index is -4.03. The molecule has 0 aliphatic carbocycles. The van der Waals surface area contributed by atoms with Crippen LogP contribution in [-0.2, 0) is 32.6 Å². The van der Waals surface area contributed by atoms with Crippen LogP contribution in [-0.4, -0.2) is 54.6 Å². The molecule has 10 heteroatoms. The average Bonchev–Trinajstić information content (AvgIpc) is 2.96. The molecule has 4 rings (SSSR count). The molecule has 0 aliphatic heterocycles. The Morgan fingerprint density at radius 2 is 1.47 bits per heavy atom. The Morgan fingerprint density at radius 3 is 2.12 bits per heavy atom. The number of benzene rings is 4. The zero-order chi connectivity index (χ0) is 31.4. The lowest BCUT2D eigenvalue weighted by atomic mass is 10.0. The smallest absolute Gasteiger partial charge is 0.243 e. The third-order valence-corrected chi connectivity index (χ3v) is 9.43. The van der Waals surface area contributed by atoms with E-state index in [4.69, 9.17) is 23.2 Å². The van der Waals surface area contributed by atoms with Crippen LogP contribution in [0.4, 0.5) is 0 Å². The molecule has 0 saturated heterocycles. The summed E-state index contributed by atoms with van der Waals surface area (Å²) in [6.07, 6.45) is 0.219. The number of rotatable bonds is 10. The lowest BCUT2D eigenvalue weighted by molar-refractivity contribution is -0.141. The van der Waals surface area contributed by atoms with E-state index in [2.05, 4.69) is 5.32 Å². The highest BCUT2D eigenvalue weighted by Gasteiger charge is 2.34. The Bertz CT molecular complexity index is 1720. The summed E-state index contributed by atoms with van der Waals surface area (Å²) < 4.78 is 28.2. The largest absolute Gasteiger partial charge is 0.350 e. The van der Waals surface area contributed by atoms with E-state index in [1.54, 1.807) is 30.3 Å². The van der Waals surface area contributed by atoms with Gasteiger partial charge >= 0.3 is 0 Å². The summed E-state index contributed by atoms with van der Waals surface area (Å²) in [5.74, 6) is -0.896. The molecule has 0 aromatic heterocycles. The molecule has 0 saturated carbocycles. The first kappa shape index (κ1) is 32.5. The summed E-state index contributed by atoms with van der Waals surface area (Å²) in [4.78, 5) is 29.3. The maximum atomic E-state index is 14.1. The van der Waals surface area contributed by atoms with Gasteiger partial charge in [0.1, 0.15) is 6.04 Å². The van der Waals surface area contributed by atoms with Crippen molar-refractivity contribution in [2.75, 3.05) is 13.6 Å². The van der Waals surface area contributed by atoms with Crippen molar-refractivity contribution in [2.45, 2.75) is 50.2 Å². The molecule has 0 unspecified atom stereocenters. The number of nitrogens with one attached hydrogen (secondary N) is 1. The molecule has 0 radical (unpaired) electrons. The van der Waals surface area contributed by atoms with Crippen LogP contribution in [0, 0.1) is 0 Å². The average molecular weight is 641 g/mol. The van der Waals surface area contributed by atoms with E-state index in [9.17, 15) is 18.0 Å². The number of halogens is 2. The summed E-state index contributed by atoms with van der Waals surface area (Å²) in [5.41, 5.74) is 0.922. The molecule has 2 amide bonds. The Balaban J connectivity index is 1.70. The molecule has 1 atom stereocenters. The number of carbonyl (C=O) groups is 2. The summed E-state index contributed by atoms with van der Waals surface area (Å²) in [6, 6.07) is 25.7. The van der Waals surface area contributed by atoms with Crippen LogP contribution < -0.4 is 5.32 Å². The van der Waals surface area contributed by atoms with Gasteiger partial charge in [-0.2, -0.15) is 4.31 Å². The first-order valence-electron chi connectivity index (χ1n) is 13.8. The Labute approximate surface area is 263 Å². The zero-order valence-corrected chi connectivity index (χ0v) is 26.9. The zero-order valence-electron chi connectivity index (χ0n) is 24.6. The Hall–Kier alpha value is -3.43. The van der Waals surface area contributed by atoms with Gasteiger partial charge < -0.3 is 10.2 Å². The molecule has 226 valence electrons. The fourth-order valence-corrected chi connectivity index (χ4v) is 6.19. The highest BCUT2D eigenvalue weighted by molar-refractivity contribution is 7.89. The van der Waals surface area contributed by atoms with Crippen LogP contribution >= 0.6 is 23.2 Å². The number of likely N-dealkylation sites (N-methyl/N-ethyl adjacent to an activating group) is 1. The Morgan fingerprint density at radius 1 is 0.814 bits per heavy atom. The molecule has 7 nitrogen and oxygen atoms in total. The standard InChI is InChI=1S/C33H35Cl2N3O4S/c1-33(2,3)36-32(40)30(19-23-10-6-5-7-11-23)38(21-24-14-17-28(34)29(35)18-24)31(39)22-37(4)43(41,42)27-16-15-25-12-8-9-13-26(25)20-27/h5-18,20,30H,19,21-22H2,1-4H3,(H,36,40)/t30-/m0/s1. The summed E-state index contributed by atoms with van der Waals surface area (Å²) in [7, 11) is -2.67.